The monoisotopic (exact) mass is 251 g/mol. The lowest BCUT2D eigenvalue weighted by Crippen LogP contribution is -2.13. The SMILES string of the molecule is COc1ccc(CNCc2ncc[nH]2)cc1Cl. The Kier molecular flexibility index (Phi) is 4.01. The molecule has 17 heavy (non-hydrogen) atoms. The molecule has 0 fully saturated rings. The minimum Gasteiger partial charge on any atom is -0.495 e. The van der Waals surface area contributed by atoms with E-state index in [1.165, 1.54) is 0 Å². The van der Waals surface area contributed by atoms with Crippen molar-refractivity contribution >= 4 is 11.6 Å². The second kappa shape index (κ2) is 5.70. The van der Waals surface area contributed by atoms with E-state index in [4.69, 9.17) is 16.3 Å². The first-order valence-corrected chi connectivity index (χ1v) is 5.69. The minimum atomic E-state index is 0.629. The molecule has 2 aromatic rings. The van der Waals surface area contributed by atoms with Gasteiger partial charge < -0.3 is 15.0 Å². The number of aromatic amines is 1. The van der Waals surface area contributed by atoms with Gasteiger partial charge in [-0.25, -0.2) is 4.98 Å². The van der Waals surface area contributed by atoms with Crippen LogP contribution in [0.4, 0.5) is 0 Å². The standard InChI is InChI=1S/C12H14ClN3O/c1-17-11-3-2-9(6-10(11)13)7-14-8-12-15-4-5-16-12/h2-6,14H,7-8H2,1H3,(H,15,16). The number of halogens is 1. The van der Waals surface area contributed by atoms with Gasteiger partial charge in [0.2, 0.25) is 0 Å². The number of benzene rings is 1. The highest BCUT2D eigenvalue weighted by Crippen LogP contribution is 2.24. The van der Waals surface area contributed by atoms with Crippen LogP contribution < -0.4 is 10.1 Å². The van der Waals surface area contributed by atoms with E-state index in [0.717, 1.165) is 17.9 Å². The first-order valence-electron chi connectivity index (χ1n) is 5.31. The van der Waals surface area contributed by atoms with Gasteiger partial charge in [-0.1, -0.05) is 17.7 Å². The molecule has 0 atom stereocenters. The number of methoxy groups -OCH3 is 1. The van der Waals surface area contributed by atoms with Crippen LogP contribution in [0.15, 0.2) is 30.6 Å². The number of nitrogens with one attached hydrogen (secondary N) is 2. The second-order valence-electron chi connectivity index (χ2n) is 3.61. The minimum absolute atomic E-state index is 0.629. The van der Waals surface area contributed by atoms with Gasteiger partial charge in [-0.05, 0) is 17.7 Å². The molecular formula is C12H14ClN3O. The third-order valence-corrected chi connectivity index (χ3v) is 2.69. The van der Waals surface area contributed by atoms with Gasteiger partial charge in [0.05, 0.1) is 18.7 Å². The molecule has 90 valence electrons. The van der Waals surface area contributed by atoms with E-state index in [9.17, 15) is 0 Å². The smallest absolute Gasteiger partial charge is 0.137 e. The van der Waals surface area contributed by atoms with Crippen LogP contribution in [0.25, 0.3) is 0 Å². The number of rotatable bonds is 5. The van der Waals surface area contributed by atoms with Crippen molar-refractivity contribution in [1.82, 2.24) is 15.3 Å². The molecule has 0 radical (unpaired) electrons. The maximum atomic E-state index is 6.04. The largest absolute Gasteiger partial charge is 0.495 e. The summed E-state index contributed by atoms with van der Waals surface area (Å²) in [7, 11) is 1.61. The van der Waals surface area contributed by atoms with Gasteiger partial charge in [0.25, 0.3) is 0 Å². The summed E-state index contributed by atoms with van der Waals surface area (Å²) >= 11 is 6.04. The molecule has 1 heterocycles. The highest BCUT2D eigenvalue weighted by Gasteiger charge is 2.01. The van der Waals surface area contributed by atoms with Crippen LogP contribution >= 0.6 is 11.6 Å². The van der Waals surface area contributed by atoms with Gasteiger partial charge in [-0.3, -0.25) is 0 Å². The summed E-state index contributed by atoms with van der Waals surface area (Å²) in [6, 6.07) is 5.75. The summed E-state index contributed by atoms with van der Waals surface area (Å²) in [5.41, 5.74) is 1.11. The normalized spacial score (nSPS) is 10.5. The lowest BCUT2D eigenvalue weighted by atomic mass is 10.2. The van der Waals surface area contributed by atoms with Crippen molar-refractivity contribution in [3.05, 3.63) is 47.0 Å². The van der Waals surface area contributed by atoms with Crippen molar-refractivity contribution in [2.75, 3.05) is 7.11 Å². The molecule has 0 amide bonds. The molecule has 1 aromatic carbocycles. The Morgan fingerprint density at radius 1 is 1.41 bits per heavy atom. The number of ether oxygens (including phenoxy) is 1. The molecule has 0 bridgehead atoms. The average Bonchev–Trinajstić information content (AvgIpc) is 2.82. The number of nitrogens with zero attached hydrogens (tertiary/aromatic N) is 1. The zero-order chi connectivity index (χ0) is 12.1. The van der Waals surface area contributed by atoms with Crippen LogP contribution in [-0.4, -0.2) is 17.1 Å². The fourth-order valence-electron chi connectivity index (χ4n) is 1.54. The Morgan fingerprint density at radius 3 is 2.94 bits per heavy atom. The Balaban J connectivity index is 1.89. The van der Waals surface area contributed by atoms with E-state index in [1.807, 2.05) is 18.2 Å². The Labute approximate surface area is 105 Å². The Bertz CT molecular complexity index is 471. The molecule has 2 rings (SSSR count). The third-order valence-electron chi connectivity index (χ3n) is 2.39. The van der Waals surface area contributed by atoms with Crippen LogP contribution in [0.2, 0.25) is 5.02 Å². The van der Waals surface area contributed by atoms with Crippen LogP contribution in [0.1, 0.15) is 11.4 Å². The molecule has 0 spiro atoms. The number of aromatic nitrogens is 2. The van der Waals surface area contributed by atoms with Crippen molar-refractivity contribution in [2.24, 2.45) is 0 Å². The van der Waals surface area contributed by atoms with Crippen LogP contribution in [0.5, 0.6) is 5.75 Å². The quantitative estimate of drug-likeness (QED) is 0.858. The maximum Gasteiger partial charge on any atom is 0.137 e. The summed E-state index contributed by atoms with van der Waals surface area (Å²) < 4.78 is 5.10. The van der Waals surface area contributed by atoms with Gasteiger partial charge >= 0.3 is 0 Å². The summed E-state index contributed by atoms with van der Waals surface area (Å²) in [5, 5.41) is 3.91. The fourth-order valence-corrected chi connectivity index (χ4v) is 1.82. The van der Waals surface area contributed by atoms with E-state index in [0.29, 0.717) is 17.3 Å². The van der Waals surface area contributed by atoms with E-state index in [-0.39, 0.29) is 0 Å². The van der Waals surface area contributed by atoms with E-state index in [2.05, 4.69) is 15.3 Å². The molecule has 2 N–H and O–H groups in total. The molecule has 0 aliphatic carbocycles. The molecule has 0 saturated heterocycles. The van der Waals surface area contributed by atoms with Gasteiger partial charge in [0.15, 0.2) is 0 Å². The van der Waals surface area contributed by atoms with Gasteiger partial charge in [-0.15, -0.1) is 0 Å². The van der Waals surface area contributed by atoms with Gasteiger partial charge in [0, 0.05) is 18.9 Å². The number of hydrogen-bond donors (Lipinski definition) is 2. The molecular weight excluding hydrogens is 238 g/mol. The van der Waals surface area contributed by atoms with E-state index >= 15 is 0 Å². The molecule has 1 aromatic heterocycles. The van der Waals surface area contributed by atoms with E-state index in [1.54, 1.807) is 19.5 Å². The summed E-state index contributed by atoms with van der Waals surface area (Å²) in [6.45, 7) is 1.45. The second-order valence-corrected chi connectivity index (χ2v) is 4.02. The Morgan fingerprint density at radius 2 is 2.29 bits per heavy atom. The summed E-state index contributed by atoms with van der Waals surface area (Å²) in [4.78, 5) is 7.16. The van der Waals surface area contributed by atoms with Crippen molar-refractivity contribution < 1.29 is 4.74 Å². The highest BCUT2D eigenvalue weighted by molar-refractivity contribution is 6.32. The highest BCUT2D eigenvalue weighted by atomic mass is 35.5. The predicted molar refractivity (Wildman–Crippen MR) is 67.1 cm³/mol. The lowest BCUT2D eigenvalue weighted by Gasteiger charge is -2.06. The molecule has 5 heteroatoms. The molecule has 0 saturated carbocycles. The van der Waals surface area contributed by atoms with Crippen molar-refractivity contribution in [2.45, 2.75) is 13.1 Å². The molecule has 0 aliphatic heterocycles. The number of H-pyrrole nitrogens is 1. The van der Waals surface area contributed by atoms with Crippen LogP contribution in [-0.2, 0) is 13.1 Å². The fraction of sp³-hybridized carbons (Fsp3) is 0.250. The van der Waals surface area contributed by atoms with Gasteiger partial charge in [-0.2, -0.15) is 0 Å². The Hall–Kier alpha value is -1.52. The topological polar surface area (TPSA) is 49.9 Å². The van der Waals surface area contributed by atoms with E-state index < -0.39 is 0 Å². The summed E-state index contributed by atoms with van der Waals surface area (Å²) in [6.07, 6.45) is 3.54. The third kappa shape index (κ3) is 3.22. The van der Waals surface area contributed by atoms with Crippen LogP contribution in [0.3, 0.4) is 0 Å². The van der Waals surface area contributed by atoms with Crippen molar-refractivity contribution in [3.63, 3.8) is 0 Å². The number of imidazole rings is 1. The van der Waals surface area contributed by atoms with Crippen molar-refractivity contribution in [3.8, 4) is 5.75 Å². The lowest BCUT2D eigenvalue weighted by molar-refractivity contribution is 0.415. The predicted octanol–water partition coefficient (Wildman–Crippen LogP) is 2.36. The summed E-state index contributed by atoms with van der Waals surface area (Å²) in [5.74, 6) is 1.62. The van der Waals surface area contributed by atoms with Crippen LogP contribution in [0, 0.1) is 0 Å². The maximum absolute atomic E-state index is 6.04. The first kappa shape index (κ1) is 12.0. The molecule has 4 nitrogen and oxygen atoms in total. The van der Waals surface area contributed by atoms with Crippen molar-refractivity contribution in [1.29, 1.82) is 0 Å². The molecule has 0 unspecified atom stereocenters. The first-order chi connectivity index (χ1) is 8.29. The number of hydrogen-bond acceptors (Lipinski definition) is 3. The van der Waals surface area contributed by atoms with Gasteiger partial charge in [0.1, 0.15) is 11.6 Å². The average molecular weight is 252 g/mol. The zero-order valence-corrected chi connectivity index (χ0v) is 10.3. The molecule has 0 aliphatic rings. The zero-order valence-electron chi connectivity index (χ0n) is 9.53.